The molecular weight excluding hydrogens is 334 g/mol. The summed E-state index contributed by atoms with van der Waals surface area (Å²) in [4.78, 5) is 25.3. The summed E-state index contributed by atoms with van der Waals surface area (Å²) in [7, 11) is 1.62. The van der Waals surface area contributed by atoms with Crippen molar-refractivity contribution in [3.63, 3.8) is 0 Å². The standard InChI is InChI=1S/C18H23N5O3/c1-18(2,3)26-17(24)20-8-9-23-14(11-25-4)22-13-10-21-12-6-5-7-19-15(12)16(13)23/h5-7,10H,8-9,11H2,1-4H3,(H,20,24). The summed E-state index contributed by atoms with van der Waals surface area (Å²) in [6, 6.07) is 3.76. The fraction of sp³-hybridized carbons (Fsp3) is 0.444. The summed E-state index contributed by atoms with van der Waals surface area (Å²) >= 11 is 0. The Hall–Kier alpha value is -2.74. The van der Waals surface area contributed by atoms with Crippen LogP contribution in [0.15, 0.2) is 24.5 Å². The van der Waals surface area contributed by atoms with Gasteiger partial charge in [0.1, 0.15) is 29.1 Å². The molecule has 8 heteroatoms. The number of ether oxygens (including phenoxy) is 2. The van der Waals surface area contributed by atoms with Gasteiger partial charge >= 0.3 is 6.09 Å². The van der Waals surface area contributed by atoms with Crippen molar-refractivity contribution in [2.24, 2.45) is 0 Å². The van der Waals surface area contributed by atoms with Crippen molar-refractivity contribution in [2.75, 3.05) is 13.7 Å². The van der Waals surface area contributed by atoms with Gasteiger partial charge < -0.3 is 19.4 Å². The minimum atomic E-state index is -0.529. The molecule has 0 atom stereocenters. The molecule has 26 heavy (non-hydrogen) atoms. The van der Waals surface area contributed by atoms with E-state index < -0.39 is 11.7 Å². The van der Waals surface area contributed by atoms with E-state index in [0.717, 1.165) is 27.9 Å². The Morgan fingerprint density at radius 3 is 2.81 bits per heavy atom. The molecule has 0 saturated heterocycles. The van der Waals surface area contributed by atoms with Gasteiger partial charge in [-0.05, 0) is 32.9 Å². The van der Waals surface area contributed by atoms with E-state index in [2.05, 4.69) is 20.3 Å². The SMILES string of the molecule is COCc1nc2cnc3cccnc3c2n1CCNC(=O)OC(C)(C)C. The Balaban J connectivity index is 1.89. The van der Waals surface area contributed by atoms with Gasteiger partial charge in [0.05, 0.1) is 17.2 Å². The molecule has 0 aliphatic heterocycles. The van der Waals surface area contributed by atoms with Crippen LogP contribution in [0.25, 0.3) is 22.1 Å². The van der Waals surface area contributed by atoms with Crippen LogP contribution in [0, 0.1) is 0 Å². The maximum Gasteiger partial charge on any atom is 0.407 e. The van der Waals surface area contributed by atoms with Gasteiger partial charge in [0, 0.05) is 26.4 Å². The fourth-order valence-corrected chi connectivity index (χ4v) is 2.74. The van der Waals surface area contributed by atoms with Crippen molar-refractivity contribution < 1.29 is 14.3 Å². The van der Waals surface area contributed by atoms with Gasteiger partial charge in [-0.1, -0.05) is 0 Å². The number of nitrogens with zero attached hydrogens (tertiary/aromatic N) is 4. The molecule has 0 aliphatic carbocycles. The first-order valence-corrected chi connectivity index (χ1v) is 8.43. The van der Waals surface area contributed by atoms with E-state index in [9.17, 15) is 4.79 Å². The molecule has 0 bridgehead atoms. The normalized spacial score (nSPS) is 11.8. The van der Waals surface area contributed by atoms with Crippen LogP contribution in [0.2, 0.25) is 0 Å². The highest BCUT2D eigenvalue weighted by atomic mass is 16.6. The van der Waals surface area contributed by atoms with Crippen LogP contribution in [-0.2, 0) is 22.6 Å². The van der Waals surface area contributed by atoms with Crippen LogP contribution in [0.3, 0.4) is 0 Å². The second-order valence-electron chi connectivity index (χ2n) is 6.90. The first kappa shape index (κ1) is 18.1. The summed E-state index contributed by atoms with van der Waals surface area (Å²) in [5, 5.41) is 2.77. The highest BCUT2D eigenvalue weighted by Crippen LogP contribution is 2.23. The Labute approximate surface area is 151 Å². The number of pyridine rings is 2. The lowest BCUT2D eigenvalue weighted by Gasteiger charge is -2.20. The van der Waals surface area contributed by atoms with E-state index in [1.807, 2.05) is 37.5 Å². The van der Waals surface area contributed by atoms with Crippen molar-refractivity contribution in [2.45, 2.75) is 39.5 Å². The monoisotopic (exact) mass is 357 g/mol. The van der Waals surface area contributed by atoms with E-state index >= 15 is 0 Å². The minimum absolute atomic E-state index is 0.357. The number of imidazole rings is 1. The average molecular weight is 357 g/mol. The van der Waals surface area contributed by atoms with E-state index in [4.69, 9.17) is 9.47 Å². The molecule has 0 spiro atoms. The molecule has 3 aromatic heterocycles. The molecule has 0 saturated carbocycles. The lowest BCUT2D eigenvalue weighted by molar-refractivity contribution is 0.0526. The third-order valence-electron chi connectivity index (χ3n) is 3.69. The molecule has 0 radical (unpaired) electrons. The van der Waals surface area contributed by atoms with Crippen molar-refractivity contribution in [3.8, 4) is 0 Å². The summed E-state index contributed by atoms with van der Waals surface area (Å²) in [6.07, 6.45) is 3.02. The molecule has 0 unspecified atom stereocenters. The van der Waals surface area contributed by atoms with Crippen molar-refractivity contribution >= 4 is 28.2 Å². The van der Waals surface area contributed by atoms with Gasteiger partial charge in [-0.3, -0.25) is 9.97 Å². The number of hydrogen-bond donors (Lipinski definition) is 1. The molecule has 3 heterocycles. The van der Waals surface area contributed by atoms with Crippen LogP contribution >= 0.6 is 0 Å². The van der Waals surface area contributed by atoms with Crippen LogP contribution in [0.5, 0.6) is 0 Å². The molecule has 8 nitrogen and oxygen atoms in total. The molecule has 3 aromatic rings. The number of fused-ring (bicyclic) bond motifs is 3. The summed E-state index contributed by atoms with van der Waals surface area (Å²) in [5.74, 6) is 0.758. The number of nitrogens with one attached hydrogen (secondary N) is 1. The number of methoxy groups -OCH3 is 1. The van der Waals surface area contributed by atoms with Crippen molar-refractivity contribution in [3.05, 3.63) is 30.4 Å². The molecule has 1 amide bonds. The third kappa shape index (κ3) is 3.91. The maximum absolute atomic E-state index is 11.9. The molecule has 138 valence electrons. The minimum Gasteiger partial charge on any atom is -0.444 e. The van der Waals surface area contributed by atoms with Gasteiger partial charge in [0.25, 0.3) is 0 Å². The maximum atomic E-state index is 11.9. The molecule has 0 fully saturated rings. The predicted molar refractivity (Wildman–Crippen MR) is 97.8 cm³/mol. The Morgan fingerprint density at radius 2 is 2.08 bits per heavy atom. The molecule has 1 N–H and O–H groups in total. The van der Waals surface area contributed by atoms with Gasteiger partial charge in [-0.2, -0.15) is 0 Å². The van der Waals surface area contributed by atoms with Crippen LogP contribution in [0.1, 0.15) is 26.6 Å². The lowest BCUT2D eigenvalue weighted by atomic mass is 10.2. The van der Waals surface area contributed by atoms with E-state index in [1.54, 1.807) is 19.5 Å². The van der Waals surface area contributed by atoms with Crippen molar-refractivity contribution in [1.29, 1.82) is 0 Å². The summed E-state index contributed by atoms with van der Waals surface area (Å²) in [5.41, 5.74) is 2.68. The van der Waals surface area contributed by atoms with Crippen LogP contribution < -0.4 is 5.32 Å². The average Bonchev–Trinajstić information content (AvgIpc) is 2.92. The van der Waals surface area contributed by atoms with Gasteiger partial charge in [0.2, 0.25) is 0 Å². The second-order valence-corrected chi connectivity index (χ2v) is 6.90. The Kier molecular flexibility index (Phi) is 5.03. The van der Waals surface area contributed by atoms with E-state index in [0.29, 0.717) is 19.7 Å². The van der Waals surface area contributed by atoms with Gasteiger partial charge in [-0.15, -0.1) is 0 Å². The number of aromatic nitrogens is 4. The quantitative estimate of drug-likeness (QED) is 0.755. The lowest BCUT2D eigenvalue weighted by Crippen LogP contribution is -2.34. The van der Waals surface area contributed by atoms with Gasteiger partial charge in [-0.25, -0.2) is 9.78 Å². The number of carbonyl (C=O) groups excluding carboxylic acids is 1. The van der Waals surface area contributed by atoms with Crippen LogP contribution in [0.4, 0.5) is 4.79 Å². The number of alkyl carbamates (subject to hydrolysis) is 1. The zero-order valence-corrected chi connectivity index (χ0v) is 15.4. The summed E-state index contributed by atoms with van der Waals surface area (Å²) < 4.78 is 12.5. The number of rotatable bonds is 5. The highest BCUT2D eigenvalue weighted by molar-refractivity contribution is 5.99. The Morgan fingerprint density at radius 1 is 1.27 bits per heavy atom. The Bertz CT molecular complexity index is 930. The second kappa shape index (κ2) is 7.25. The highest BCUT2D eigenvalue weighted by Gasteiger charge is 2.17. The third-order valence-corrected chi connectivity index (χ3v) is 3.69. The number of carbonyl (C=O) groups is 1. The van der Waals surface area contributed by atoms with E-state index in [1.165, 1.54) is 0 Å². The first-order chi connectivity index (χ1) is 12.4. The predicted octanol–water partition coefficient (Wildman–Crippen LogP) is 2.65. The van der Waals surface area contributed by atoms with Gasteiger partial charge in [0.15, 0.2) is 0 Å². The summed E-state index contributed by atoms with van der Waals surface area (Å²) in [6.45, 7) is 6.76. The number of hydrogen-bond acceptors (Lipinski definition) is 6. The molecule has 0 aromatic carbocycles. The largest absolute Gasteiger partial charge is 0.444 e. The first-order valence-electron chi connectivity index (χ1n) is 8.43. The smallest absolute Gasteiger partial charge is 0.407 e. The molecule has 0 aliphatic rings. The van der Waals surface area contributed by atoms with E-state index in [-0.39, 0.29) is 0 Å². The zero-order valence-electron chi connectivity index (χ0n) is 15.4. The molecule has 3 rings (SSSR count). The van der Waals surface area contributed by atoms with Crippen molar-refractivity contribution in [1.82, 2.24) is 24.8 Å². The molecular formula is C18H23N5O3. The fourth-order valence-electron chi connectivity index (χ4n) is 2.74. The number of amides is 1. The topological polar surface area (TPSA) is 91.2 Å². The van der Waals surface area contributed by atoms with Crippen LogP contribution in [-0.4, -0.2) is 44.9 Å². The zero-order chi connectivity index (χ0) is 18.7.